The third kappa shape index (κ3) is 4.26. The molecule has 0 aliphatic rings. The van der Waals surface area contributed by atoms with E-state index in [-0.39, 0.29) is 45.2 Å². The Kier molecular flexibility index (Phi) is 5.80. The van der Waals surface area contributed by atoms with Gasteiger partial charge in [0, 0.05) is 17.1 Å². The number of rotatable bonds is 5. The van der Waals surface area contributed by atoms with Gasteiger partial charge in [-0.05, 0) is 26.0 Å². The third-order valence-electron chi connectivity index (χ3n) is 4.55. The van der Waals surface area contributed by atoms with Crippen molar-refractivity contribution >= 4 is 39.5 Å². The van der Waals surface area contributed by atoms with E-state index >= 15 is 0 Å². The summed E-state index contributed by atoms with van der Waals surface area (Å²) in [5.74, 6) is -1.52. The van der Waals surface area contributed by atoms with Crippen molar-refractivity contribution in [1.29, 1.82) is 0 Å². The summed E-state index contributed by atoms with van der Waals surface area (Å²) in [6.45, 7) is 3.27. The molecule has 4 rings (SSSR count). The average molecular weight is 477 g/mol. The van der Waals surface area contributed by atoms with Crippen LogP contribution in [-0.4, -0.2) is 38.2 Å². The lowest BCUT2D eigenvalue weighted by atomic mass is 10.0. The van der Waals surface area contributed by atoms with E-state index in [2.05, 4.69) is 25.0 Å². The molecule has 0 aliphatic carbocycles. The molecule has 170 valence electrons. The normalized spacial score (nSPS) is 11.5. The highest BCUT2D eigenvalue weighted by molar-refractivity contribution is 7.10. The first kappa shape index (κ1) is 22.3. The number of amides is 1. The van der Waals surface area contributed by atoms with Crippen LogP contribution in [0, 0.1) is 6.92 Å². The summed E-state index contributed by atoms with van der Waals surface area (Å²) < 4.78 is 54.3. The van der Waals surface area contributed by atoms with Gasteiger partial charge in [0.25, 0.3) is 11.6 Å². The first-order chi connectivity index (χ1) is 15.7. The van der Waals surface area contributed by atoms with Crippen LogP contribution in [0.3, 0.4) is 0 Å². The number of hydrogen-bond donors (Lipinski definition) is 1. The molecule has 0 saturated carbocycles. The number of aromatic nitrogens is 4. The molecule has 9 nitrogen and oxygen atoms in total. The van der Waals surface area contributed by atoms with Crippen LogP contribution in [0.2, 0.25) is 0 Å². The van der Waals surface area contributed by atoms with Crippen LogP contribution >= 0.6 is 11.5 Å². The van der Waals surface area contributed by atoms with E-state index in [0.717, 1.165) is 17.6 Å². The van der Waals surface area contributed by atoms with Crippen molar-refractivity contribution in [3.8, 4) is 11.3 Å². The molecule has 0 bridgehead atoms. The van der Waals surface area contributed by atoms with Gasteiger partial charge in [-0.15, -0.1) is 5.10 Å². The standard InChI is InChI=1S/C20H14F3N5O4S/c1-3-31-19(30)15-18(33-28-26-15)25-16(29)11-8-13(24-17-14(11)9(2)27-32-17)10-6-4-5-7-12(10)20(21,22)23/h4-8H,3H2,1-2H3,(H,25,29). The molecular formula is C20H14F3N5O4S. The van der Waals surface area contributed by atoms with Crippen molar-refractivity contribution in [2.45, 2.75) is 20.0 Å². The Labute approximate surface area is 187 Å². The Bertz CT molecular complexity index is 1370. The van der Waals surface area contributed by atoms with E-state index in [9.17, 15) is 22.8 Å². The molecule has 33 heavy (non-hydrogen) atoms. The second-order valence-electron chi connectivity index (χ2n) is 6.67. The van der Waals surface area contributed by atoms with Crippen LogP contribution in [0.25, 0.3) is 22.4 Å². The van der Waals surface area contributed by atoms with Gasteiger partial charge in [-0.2, -0.15) is 13.2 Å². The van der Waals surface area contributed by atoms with Crippen molar-refractivity contribution in [1.82, 2.24) is 19.7 Å². The predicted molar refractivity (Wildman–Crippen MR) is 111 cm³/mol. The SMILES string of the molecule is CCOC(=O)c1nnsc1NC(=O)c1cc(-c2ccccc2C(F)(F)F)nc2onc(C)c12. The lowest BCUT2D eigenvalue weighted by molar-refractivity contribution is -0.137. The number of pyridine rings is 1. The minimum absolute atomic E-state index is 0.0229. The molecule has 13 heteroatoms. The van der Waals surface area contributed by atoms with Gasteiger partial charge in [0.1, 0.15) is 0 Å². The number of fused-ring (bicyclic) bond motifs is 1. The first-order valence-corrected chi connectivity index (χ1v) is 10.2. The smallest absolute Gasteiger partial charge is 0.417 e. The number of carbonyl (C=O) groups excluding carboxylic acids is 2. The number of aryl methyl sites for hydroxylation is 1. The van der Waals surface area contributed by atoms with E-state index in [4.69, 9.17) is 9.26 Å². The molecule has 4 aromatic rings. The topological polar surface area (TPSA) is 120 Å². The maximum absolute atomic E-state index is 13.5. The molecule has 0 saturated heterocycles. The van der Waals surface area contributed by atoms with Gasteiger partial charge < -0.3 is 14.6 Å². The van der Waals surface area contributed by atoms with Crippen molar-refractivity contribution in [2.24, 2.45) is 0 Å². The Balaban J connectivity index is 1.81. The van der Waals surface area contributed by atoms with Crippen molar-refractivity contribution in [3.05, 3.63) is 52.8 Å². The Hall–Kier alpha value is -3.87. The molecule has 0 spiro atoms. The maximum Gasteiger partial charge on any atom is 0.417 e. The van der Waals surface area contributed by atoms with Crippen molar-refractivity contribution in [2.75, 3.05) is 11.9 Å². The molecule has 0 fully saturated rings. The number of anilines is 1. The number of nitrogens with one attached hydrogen (secondary N) is 1. The van der Waals surface area contributed by atoms with Gasteiger partial charge in [-0.1, -0.05) is 27.8 Å². The largest absolute Gasteiger partial charge is 0.461 e. The number of carbonyl (C=O) groups is 2. The van der Waals surface area contributed by atoms with Crippen LogP contribution in [0.15, 0.2) is 34.9 Å². The van der Waals surface area contributed by atoms with E-state index in [1.54, 1.807) is 13.8 Å². The molecule has 0 atom stereocenters. The molecule has 0 radical (unpaired) electrons. The molecule has 3 heterocycles. The van der Waals surface area contributed by atoms with E-state index in [1.165, 1.54) is 24.3 Å². The van der Waals surface area contributed by atoms with E-state index in [1.807, 2.05) is 0 Å². The van der Waals surface area contributed by atoms with Gasteiger partial charge in [0.05, 0.1) is 34.5 Å². The summed E-state index contributed by atoms with van der Waals surface area (Å²) in [5.41, 5.74) is -1.33. The molecular weight excluding hydrogens is 463 g/mol. The molecule has 0 aliphatic heterocycles. The highest BCUT2D eigenvalue weighted by atomic mass is 32.1. The zero-order valence-electron chi connectivity index (χ0n) is 17.1. The fourth-order valence-corrected chi connectivity index (χ4v) is 3.69. The van der Waals surface area contributed by atoms with Crippen LogP contribution in [-0.2, 0) is 10.9 Å². The van der Waals surface area contributed by atoms with Crippen LogP contribution in [0.5, 0.6) is 0 Å². The summed E-state index contributed by atoms with van der Waals surface area (Å²) in [7, 11) is 0. The third-order valence-corrected chi connectivity index (χ3v) is 5.20. The zero-order valence-corrected chi connectivity index (χ0v) is 17.9. The summed E-state index contributed by atoms with van der Waals surface area (Å²) in [4.78, 5) is 29.3. The Morgan fingerprint density at radius 1 is 1.24 bits per heavy atom. The molecule has 1 amide bonds. The molecule has 1 aromatic carbocycles. The van der Waals surface area contributed by atoms with Crippen LogP contribution < -0.4 is 5.32 Å². The predicted octanol–water partition coefficient (Wildman–Crippen LogP) is 4.50. The number of halogens is 3. The number of benzene rings is 1. The molecule has 0 unspecified atom stereocenters. The summed E-state index contributed by atoms with van der Waals surface area (Å²) in [6.07, 6.45) is -4.64. The van der Waals surface area contributed by atoms with Gasteiger partial charge in [0.15, 0.2) is 5.00 Å². The van der Waals surface area contributed by atoms with Crippen LogP contribution in [0.4, 0.5) is 18.2 Å². The highest BCUT2D eigenvalue weighted by Gasteiger charge is 2.34. The number of ether oxygens (including phenoxy) is 1. The Morgan fingerprint density at radius 2 is 2.00 bits per heavy atom. The minimum Gasteiger partial charge on any atom is -0.461 e. The van der Waals surface area contributed by atoms with Gasteiger partial charge in [-0.25, -0.2) is 9.78 Å². The second kappa shape index (κ2) is 8.58. The van der Waals surface area contributed by atoms with Gasteiger partial charge >= 0.3 is 12.1 Å². The lowest BCUT2D eigenvalue weighted by Crippen LogP contribution is -2.16. The summed E-state index contributed by atoms with van der Waals surface area (Å²) in [6, 6.07) is 6.06. The van der Waals surface area contributed by atoms with E-state index in [0.29, 0.717) is 5.69 Å². The van der Waals surface area contributed by atoms with Crippen molar-refractivity contribution < 1.29 is 32.0 Å². The maximum atomic E-state index is 13.5. The Morgan fingerprint density at radius 3 is 2.73 bits per heavy atom. The number of esters is 1. The highest BCUT2D eigenvalue weighted by Crippen LogP contribution is 2.37. The first-order valence-electron chi connectivity index (χ1n) is 9.45. The summed E-state index contributed by atoms with van der Waals surface area (Å²) >= 11 is 0.747. The quantitative estimate of drug-likeness (QED) is 0.417. The van der Waals surface area contributed by atoms with Crippen molar-refractivity contribution in [3.63, 3.8) is 0 Å². The summed E-state index contributed by atoms with van der Waals surface area (Å²) in [5, 5.41) is 10.2. The second-order valence-corrected chi connectivity index (χ2v) is 7.43. The minimum atomic E-state index is -4.64. The van der Waals surface area contributed by atoms with Crippen LogP contribution in [0.1, 0.15) is 39.0 Å². The van der Waals surface area contributed by atoms with Gasteiger partial charge in [-0.3, -0.25) is 4.79 Å². The molecule has 3 aromatic heterocycles. The monoisotopic (exact) mass is 477 g/mol. The number of alkyl halides is 3. The number of hydrogen-bond acceptors (Lipinski definition) is 9. The average Bonchev–Trinajstić information content (AvgIpc) is 3.39. The fraction of sp³-hybridized carbons (Fsp3) is 0.200. The van der Waals surface area contributed by atoms with E-state index < -0.39 is 23.6 Å². The number of nitrogens with zero attached hydrogens (tertiary/aromatic N) is 4. The molecule has 1 N–H and O–H groups in total. The fourth-order valence-electron chi connectivity index (χ4n) is 3.14. The van der Waals surface area contributed by atoms with Gasteiger partial charge in [0.2, 0.25) is 5.69 Å². The lowest BCUT2D eigenvalue weighted by Gasteiger charge is -2.13. The zero-order chi connectivity index (χ0) is 23.8.